The number of hydrogen-bond donors (Lipinski definition) is 1. The van der Waals surface area contributed by atoms with E-state index in [1.807, 2.05) is 0 Å². The van der Waals surface area contributed by atoms with Gasteiger partial charge in [-0.2, -0.15) is 0 Å². The van der Waals surface area contributed by atoms with Gasteiger partial charge >= 0.3 is 0 Å². The van der Waals surface area contributed by atoms with Crippen LogP contribution in [0.4, 0.5) is 0 Å². The summed E-state index contributed by atoms with van der Waals surface area (Å²) in [5, 5.41) is 0. The summed E-state index contributed by atoms with van der Waals surface area (Å²) in [5.74, 6) is 0.718. The molecular weight excluding hydrogens is 316 g/mol. The molecule has 1 N–H and O–H groups in total. The van der Waals surface area contributed by atoms with Gasteiger partial charge in [-0.25, -0.2) is 4.57 Å². The van der Waals surface area contributed by atoms with Crippen LogP contribution in [0.5, 0.6) is 0 Å². The van der Waals surface area contributed by atoms with Crippen molar-refractivity contribution in [3.05, 3.63) is 54.6 Å². The Labute approximate surface area is 161 Å². The highest BCUT2D eigenvalue weighted by Gasteiger charge is 2.26. The van der Waals surface area contributed by atoms with Gasteiger partial charge in [-0.3, -0.25) is 4.98 Å². The van der Waals surface area contributed by atoms with Crippen molar-refractivity contribution in [3.63, 3.8) is 0 Å². The monoisotopic (exact) mass is 355 g/mol. The van der Waals surface area contributed by atoms with Gasteiger partial charge in [-0.05, 0) is 31.2 Å². The fraction of sp³-hybridized carbons (Fsp3) is 0.625. The van der Waals surface area contributed by atoms with Gasteiger partial charge in [0.15, 0.2) is 0 Å². The zero-order chi connectivity index (χ0) is 18.5. The summed E-state index contributed by atoms with van der Waals surface area (Å²) in [6, 6.07) is 11.7. The van der Waals surface area contributed by atoms with Gasteiger partial charge in [-0.1, -0.05) is 89.1 Å². The van der Waals surface area contributed by atoms with Gasteiger partial charge in [0.05, 0.1) is 0 Å². The Kier molecular flexibility index (Phi) is 10.2. The normalized spacial score (nSPS) is 13.6. The first-order valence-corrected chi connectivity index (χ1v) is 10.9. The van der Waals surface area contributed by atoms with Crippen LogP contribution in [0, 0.1) is 5.92 Å². The summed E-state index contributed by atoms with van der Waals surface area (Å²) < 4.78 is 2.44. The molecule has 26 heavy (non-hydrogen) atoms. The Morgan fingerprint density at radius 3 is 2.23 bits per heavy atom. The Bertz CT molecular complexity index is 547. The molecule has 0 saturated carbocycles. The molecule has 0 amide bonds. The van der Waals surface area contributed by atoms with Crippen molar-refractivity contribution >= 4 is 0 Å². The predicted molar refractivity (Wildman–Crippen MR) is 111 cm³/mol. The highest BCUT2D eigenvalue weighted by atomic mass is 15.1. The summed E-state index contributed by atoms with van der Waals surface area (Å²) in [6.07, 6.45) is 21.1. The van der Waals surface area contributed by atoms with Crippen molar-refractivity contribution in [1.82, 2.24) is 4.98 Å². The summed E-state index contributed by atoms with van der Waals surface area (Å²) >= 11 is 0. The Morgan fingerprint density at radius 2 is 1.54 bits per heavy atom. The van der Waals surface area contributed by atoms with Crippen LogP contribution >= 0.6 is 0 Å². The molecule has 0 fully saturated rings. The molecule has 2 aromatic rings. The van der Waals surface area contributed by atoms with E-state index in [9.17, 15) is 0 Å². The number of rotatable bonds is 14. The van der Waals surface area contributed by atoms with Crippen LogP contribution in [0.1, 0.15) is 89.7 Å². The molecule has 0 aliphatic heterocycles. The molecule has 1 heterocycles. The number of unbranched alkanes of at least 4 members (excludes halogenated alkanes) is 6. The van der Waals surface area contributed by atoms with Gasteiger partial charge in [0.25, 0.3) is 0 Å². The Morgan fingerprint density at radius 1 is 0.846 bits per heavy atom. The lowest BCUT2D eigenvalue weighted by atomic mass is 9.84. The van der Waals surface area contributed by atoms with Crippen LogP contribution in [0.15, 0.2) is 49.1 Å². The molecule has 2 heteroatoms. The van der Waals surface area contributed by atoms with E-state index in [0.29, 0.717) is 6.04 Å². The number of benzene rings is 1. The molecule has 2 nitrogen and oxygen atoms in total. The van der Waals surface area contributed by atoms with E-state index in [0.717, 1.165) is 5.92 Å². The quantitative estimate of drug-likeness (QED) is 0.289. The zero-order valence-electron chi connectivity index (χ0n) is 17.0. The summed E-state index contributed by atoms with van der Waals surface area (Å²) in [7, 11) is 0. The number of aromatic nitrogens is 2. The van der Waals surface area contributed by atoms with E-state index in [2.05, 4.69) is 72.5 Å². The van der Waals surface area contributed by atoms with Crippen molar-refractivity contribution in [1.29, 1.82) is 0 Å². The molecule has 0 saturated heterocycles. The second-order valence-electron chi connectivity index (χ2n) is 7.77. The zero-order valence-corrected chi connectivity index (χ0v) is 17.0. The fourth-order valence-corrected chi connectivity index (χ4v) is 4.10. The van der Waals surface area contributed by atoms with Crippen LogP contribution in [0.2, 0.25) is 0 Å². The molecule has 0 aliphatic rings. The summed E-state index contributed by atoms with van der Waals surface area (Å²) in [5.41, 5.74) is 1.49. The third-order valence-electron chi connectivity index (χ3n) is 5.62. The Hall–Kier alpha value is -1.57. The van der Waals surface area contributed by atoms with Crippen LogP contribution in [0.3, 0.4) is 0 Å². The number of nitrogens with one attached hydrogen (secondary N) is 1. The number of aromatic amines is 1. The van der Waals surface area contributed by atoms with Crippen molar-refractivity contribution in [2.24, 2.45) is 5.92 Å². The first-order valence-electron chi connectivity index (χ1n) is 10.9. The SMILES string of the molecule is CCCCCCCC(C(CCCCC)Cc1ccccc1)[n+]1cc[nH]c1. The molecule has 1 aromatic heterocycles. The van der Waals surface area contributed by atoms with Gasteiger partial charge in [-0.15, -0.1) is 0 Å². The lowest BCUT2D eigenvalue weighted by Crippen LogP contribution is -2.42. The molecule has 1 aromatic carbocycles. The maximum absolute atomic E-state index is 3.27. The number of imidazole rings is 1. The molecule has 2 unspecified atom stereocenters. The largest absolute Gasteiger partial charge is 0.250 e. The van der Waals surface area contributed by atoms with Gasteiger partial charge in [0, 0.05) is 5.92 Å². The summed E-state index contributed by atoms with van der Waals surface area (Å²) in [4.78, 5) is 3.27. The Balaban J connectivity index is 2.05. The maximum atomic E-state index is 3.27. The number of H-pyrrole nitrogens is 1. The van der Waals surface area contributed by atoms with E-state index in [1.165, 1.54) is 76.2 Å². The highest BCUT2D eigenvalue weighted by Crippen LogP contribution is 2.28. The minimum atomic E-state index is 0.611. The molecule has 0 aliphatic carbocycles. The van der Waals surface area contributed by atoms with Gasteiger partial charge < -0.3 is 0 Å². The minimum absolute atomic E-state index is 0.611. The molecule has 0 bridgehead atoms. The first kappa shape index (κ1) is 20.7. The second-order valence-corrected chi connectivity index (χ2v) is 7.77. The lowest BCUT2D eigenvalue weighted by Gasteiger charge is -2.25. The van der Waals surface area contributed by atoms with Crippen LogP contribution in [-0.2, 0) is 6.42 Å². The third kappa shape index (κ3) is 7.35. The van der Waals surface area contributed by atoms with Crippen molar-refractivity contribution in [3.8, 4) is 0 Å². The second kappa shape index (κ2) is 12.7. The molecule has 0 radical (unpaired) electrons. The third-order valence-corrected chi connectivity index (χ3v) is 5.62. The standard InChI is InChI=1S/C24H38N2/c1-3-5-7-8-13-17-24(26-19-18-25-21-26)23(16-10-6-4-2)20-22-14-11-9-12-15-22/h9,11-12,14-15,18-19,21,23-24H,3-8,10,13,16-17,20H2,1-2H3/p+1. The molecule has 2 rings (SSSR count). The van der Waals surface area contributed by atoms with Crippen LogP contribution in [-0.4, -0.2) is 4.98 Å². The van der Waals surface area contributed by atoms with E-state index < -0.39 is 0 Å². The van der Waals surface area contributed by atoms with Crippen molar-refractivity contribution in [2.45, 2.75) is 90.5 Å². The van der Waals surface area contributed by atoms with E-state index in [4.69, 9.17) is 0 Å². The topological polar surface area (TPSA) is 19.7 Å². The average Bonchev–Trinajstić information content (AvgIpc) is 3.19. The van der Waals surface area contributed by atoms with Crippen molar-refractivity contribution in [2.75, 3.05) is 0 Å². The predicted octanol–water partition coefficient (Wildman–Crippen LogP) is 6.64. The average molecular weight is 356 g/mol. The lowest BCUT2D eigenvalue weighted by molar-refractivity contribution is -0.730. The van der Waals surface area contributed by atoms with Gasteiger partial charge in [0.2, 0.25) is 6.33 Å². The van der Waals surface area contributed by atoms with Crippen LogP contribution in [0.25, 0.3) is 0 Å². The van der Waals surface area contributed by atoms with Gasteiger partial charge in [0.1, 0.15) is 18.4 Å². The minimum Gasteiger partial charge on any atom is -0.250 e. The molecular formula is C24H39N2+. The van der Waals surface area contributed by atoms with E-state index in [-0.39, 0.29) is 0 Å². The van der Waals surface area contributed by atoms with Crippen molar-refractivity contribution < 1.29 is 4.57 Å². The van der Waals surface area contributed by atoms with E-state index in [1.54, 1.807) is 0 Å². The maximum Gasteiger partial charge on any atom is 0.241 e. The summed E-state index contributed by atoms with van der Waals surface area (Å²) in [6.45, 7) is 4.60. The number of nitrogens with zero attached hydrogens (tertiary/aromatic N) is 1. The fourth-order valence-electron chi connectivity index (χ4n) is 4.10. The molecule has 0 spiro atoms. The highest BCUT2D eigenvalue weighted by molar-refractivity contribution is 5.15. The van der Waals surface area contributed by atoms with Crippen LogP contribution < -0.4 is 4.57 Å². The first-order chi connectivity index (χ1) is 12.8. The molecule has 2 atom stereocenters. The van der Waals surface area contributed by atoms with E-state index >= 15 is 0 Å². The smallest absolute Gasteiger partial charge is 0.241 e. The molecule has 144 valence electrons. The number of hydrogen-bond acceptors (Lipinski definition) is 0.